The summed E-state index contributed by atoms with van der Waals surface area (Å²) in [6.07, 6.45) is 7.68. The Balaban J connectivity index is 1.92. The lowest BCUT2D eigenvalue weighted by Crippen LogP contribution is -2.37. The third-order valence-corrected chi connectivity index (χ3v) is 4.79. The molecule has 0 saturated carbocycles. The second-order valence-electron chi connectivity index (χ2n) is 7.65. The first-order valence-electron chi connectivity index (χ1n) is 8.74. The van der Waals surface area contributed by atoms with Gasteiger partial charge in [-0.2, -0.15) is 5.10 Å². The first-order valence-corrected chi connectivity index (χ1v) is 8.74. The Morgan fingerprint density at radius 1 is 1.28 bits per heavy atom. The lowest BCUT2D eigenvalue weighted by molar-refractivity contribution is 0.159. The highest BCUT2D eigenvalue weighted by Crippen LogP contribution is 2.35. The van der Waals surface area contributed by atoms with E-state index in [9.17, 15) is 4.79 Å². The Kier molecular flexibility index (Phi) is 4.78. The average Bonchev–Trinajstić information content (AvgIpc) is 2.99. The zero-order valence-corrected chi connectivity index (χ0v) is 15.2. The van der Waals surface area contributed by atoms with Crippen molar-refractivity contribution in [2.75, 3.05) is 6.54 Å². The van der Waals surface area contributed by atoms with Crippen LogP contribution in [-0.2, 0) is 18.5 Å². The van der Waals surface area contributed by atoms with Crippen LogP contribution in [0, 0.1) is 12.3 Å². The van der Waals surface area contributed by atoms with Gasteiger partial charge in [0, 0.05) is 17.5 Å². The van der Waals surface area contributed by atoms with Crippen molar-refractivity contribution in [3.63, 3.8) is 0 Å². The first kappa shape index (κ1) is 17.4. The number of benzene rings is 1. The Morgan fingerprint density at radius 3 is 2.76 bits per heavy atom. The molecule has 0 amide bonds. The Bertz CT molecular complexity index is 854. The van der Waals surface area contributed by atoms with Gasteiger partial charge >= 0.3 is 0 Å². The molecule has 1 aliphatic carbocycles. The topological polar surface area (TPSA) is 38.1 Å². The molecule has 0 spiro atoms. The molecule has 4 heteroatoms. The molecular formula is C21H25N3O. The Hall–Kier alpha value is -2.38. The van der Waals surface area contributed by atoms with Gasteiger partial charge in [-0.05, 0) is 30.0 Å². The van der Waals surface area contributed by atoms with E-state index in [1.54, 1.807) is 10.7 Å². The molecule has 0 fully saturated rings. The maximum Gasteiger partial charge on any atom is 0.267 e. The van der Waals surface area contributed by atoms with E-state index in [0.29, 0.717) is 13.2 Å². The fourth-order valence-electron chi connectivity index (χ4n) is 3.41. The van der Waals surface area contributed by atoms with Gasteiger partial charge in [-0.3, -0.25) is 9.69 Å². The number of aryl methyl sites for hydroxylation is 1. The minimum absolute atomic E-state index is 0.0960. The molecule has 130 valence electrons. The van der Waals surface area contributed by atoms with Crippen molar-refractivity contribution in [1.82, 2.24) is 14.7 Å². The largest absolute Gasteiger partial charge is 0.268 e. The number of aromatic nitrogens is 2. The van der Waals surface area contributed by atoms with Crippen molar-refractivity contribution in [2.45, 2.75) is 51.7 Å². The number of terminal acetylenes is 1. The summed E-state index contributed by atoms with van der Waals surface area (Å²) in [5.41, 5.74) is 3.39. The van der Waals surface area contributed by atoms with Crippen molar-refractivity contribution in [3.05, 3.63) is 63.6 Å². The van der Waals surface area contributed by atoms with Gasteiger partial charge in [0.2, 0.25) is 0 Å². The van der Waals surface area contributed by atoms with Crippen LogP contribution in [0.3, 0.4) is 0 Å². The van der Waals surface area contributed by atoms with E-state index in [0.717, 1.165) is 18.5 Å². The van der Waals surface area contributed by atoms with E-state index < -0.39 is 0 Å². The lowest BCUT2D eigenvalue weighted by Gasteiger charge is -2.28. The highest BCUT2D eigenvalue weighted by molar-refractivity contribution is 5.34. The number of nitrogens with zero attached hydrogens (tertiary/aromatic N) is 3. The summed E-state index contributed by atoms with van der Waals surface area (Å²) in [4.78, 5) is 14.5. The zero-order valence-electron chi connectivity index (χ0n) is 15.2. The Morgan fingerprint density at radius 2 is 2.04 bits per heavy atom. The van der Waals surface area contributed by atoms with Crippen LogP contribution in [0.4, 0.5) is 0 Å². The number of hydrogen-bond acceptors (Lipinski definition) is 3. The SMILES string of the molecule is C#CCN(Cn1nc(C(C)(C)C)ccc1=O)C1CCc2ccccc21. The fraction of sp³-hybridized carbons (Fsp3) is 0.429. The molecule has 0 bridgehead atoms. The van der Waals surface area contributed by atoms with Crippen LogP contribution in [0.15, 0.2) is 41.2 Å². The maximum absolute atomic E-state index is 12.3. The lowest BCUT2D eigenvalue weighted by atomic mass is 9.92. The van der Waals surface area contributed by atoms with E-state index in [-0.39, 0.29) is 17.0 Å². The van der Waals surface area contributed by atoms with E-state index in [1.165, 1.54) is 11.1 Å². The van der Waals surface area contributed by atoms with Crippen molar-refractivity contribution >= 4 is 0 Å². The van der Waals surface area contributed by atoms with Gasteiger partial charge in [0.15, 0.2) is 0 Å². The molecule has 4 nitrogen and oxygen atoms in total. The summed E-state index contributed by atoms with van der Waals surface area (Å²) in [6.45, 7) is 7.18. The third-order valence-electron chi connectivity index (χ3n) is 4.79. The third kappa shape index (κ3) is 3.67. The second kappa shape index (κ2) is 6.85. The fourth-order valence-corrected chi connectivity index (χ4v) is 3.41. The molecule has 1 atom stereocenters. The summed E-state index contributed by atoms with van der Waals surface area (Å²) >= 11 is 0. The molecule has 25 heavy (non-hydrogen) atoms. The van der Waals surface area contributed by atoms with Crippen molar-refractivity contribution in [2.24, 2.45) is 0 Å². The van der Waals surface area contributed by atoms with Crippen molar-refractivity contribution in [3.8, 4) is 12.3 Å². The van der Waals surface area contributed by atoms with Gasteiger partial charge in [-0.1, -0.05) is 51.0 Å². The van der Waals surface area contributed by atoms with Crippen LogP contribution in [0.1, 0.15) is 50.1 Å². The van der Waals surface area contributed by atoms with E-state index in [2.05, 4.69) is 61.0 Å². The molecule has 3 rings (SSSR count). The maximum atomic E-state index is 12.3. The Labute approximate surface area is 149 Å². The summed E-state index contributed by atoms with van der Waals surface area (Å²) in [7, 11) is 0. The highest BCUT2D eigenvalue weighted by atomic mass is 16.1. The molecular weight excluding hydrogens is 310 g/mol. The smallest absolute Gasteiger partial charge is 0.267 e. The predicted molar refractivity (Wildman–Crippen MR) is 100 cm³/mol. The number of fused-ring (bicyclic) bond motifs is 1. The molecule has 1 unspecified atom stereocenters. The molecule has 0 N–H and O–H groups in total. The quantitative estimate of drug-likeness (QED) is 0.806. The van der Waals surface area contributed by atoms with Crippen LogP contribution in [0.5, 0.6) is 0 Å². The molecule has 0 saturated heterocycles. The minimum Gasteiger partial charge on any atom is -0.268 e. The normalized spacial score (nSPS) is 16.7. The standard InChI is InChI=1S/C21H25N3O/c1-5-14-23(18-11-10-16-8-6-7-9-17(16)18)15-24-20(25)13-12-19(22-24)21(2,3)4/h1,6-9,12-13,18H,10-11,14-15H2,2-4H3. The summed E-state index contributed by atoms with van der Waals surface area (Å²) in [5.74, 6) is 2.74. The van der Waals surface area contributed by atoms with Gasteiger partial charge < -0.3 is 0 Å². The monoisotopic (exact) mass is 335 g/mol. The number of rotatable bonds is 4. The van der Waals surface area contributed by atoms with Gasteiger partial charge in [0.1, 0.15) is 0 Å². The minimum atomic E-state index is -0.105. The average molecular weight is 335 g/mol. The summed E-state index contributed by atoms with van der Waals surface area (Å²) < 4.78 is 1.54. The van der Waals surface area contributed by atoms with E-state index in [1.807, 2.05) is 6.07 Å². The molecule has 1 aliphatic rings. The zero-order chi connectivity index (χ0) is 18.0. The summed E-state index contributed by atoms with van der Waals surface area (Å²) in [6, 6.07) is 12.1. The molecule has 0 aliphatic heterocycles. The van der Waals surface area contributed by atoms with Gasteiger partial charge in [-0.25, -0.2) is 4.68 Å². The van der Waals surface area contributed by atoms with E-state index in [4.69, 9.17) is 6.42 Å². The van der Waals surface area contributed by atoms with Crippen LogP contribution in [0.25, 0.3) is 0 Å². The van der Waals surface area contributed by atoms with Crippen LogP contribution < -0.4 is 5.56 Å². The molecule has 2 aromatic rings. The van der Waals surface area contributed by atoms with Gasteiger partial charge in [-0.15, -0.1) is 6.42 Å². The van der Waals surface area contributed by atoms with E-state index >= 15 is 0 Å². The predicted octanol–water partition coefficient (Wildman–Crippen LogP) is 3.12. The molecule has 1 aromatic carbocycles. The van der Waals surface area contributed by atoms with Gasteiger partial charge in [0.25, 0.3) is 5.56 Å². The second-order valence-corrected chi connectivity index (χ2v) is 7.65. The molecule has 1 aromatic heterocycles. The van der Waals surface area contributed by atoms with Gasteiger partial charge in [0.05, 0.1) is 18.9 Å². The van der Waals surface area contributed by atoms with Crippen LogP contribution in [-0.4, -0.2) is 21.2 Å². The highest BCUT2D eigenvalue weighted by Gasteiger charge is 2.28. The number of hydrogen-bond donors (Lipinski definition) is 0. The summed E-state index contributed by atoms with van der Waals surface area (Å²) in [5, 5.41) is 4.59. The van der Waals surface area contributed by atoms with Crippen LogP contribution >= 0.6 is 0 Å². The molecule has 0 radical (unpaired) electrons. The van der Waals surface area contributed by atoms with Crippen LogP contribution in [0.2, 0.25) is 0 Å². The van der Waals surface area contributed by atoms with Crippen molar-refractivity contribution < 1.29 is 0 Å². The first-order chi connectivity index (χ1) is 11.9. The molecule has 1 heterocycles. The van der Waals surface area contributed by atoms with Crippen molar-refractivity contribution in [1.29, 1.82) is 0 Å².